The molecular weight excluding hydrogens is 228 g/mol. The lowest BCUT2D eigenvalue weighted by atomic mass is 10.4. The molecule has 1 aromatic heterocycles. The van der Waals surface area contributed by atoms with Crippen molar-refractivity contribution in [2.45, 2.75) is 32.9 Å². The van der Waals surface area contributed by atoms with E-state index in [0.717, 1.165) is 5.69 Å². The van der Waals surface area contributed by atoms with E-state index in [2.05, 4.69) is 24.3 Å². The molecule has 0 radical (unpaired) electrons. The molecule has 17 heavy (non-hydrogen) atoms. The number of nitrogens with zero attached hydrogens (tertiary/aromatic N) is 2. The van der Waals surface area contributed by atoms with E-state index in [1.165, 1.54) is 0 Å². The zero-order valence-electron chi connectivity index (χ0n) is 10.2. The number of rotatable bonds is 8. The Hall–Kier alpha value is -1.01. The van der Waals surface area contributed by atoms with Gasteiger partial charge in [0.25, 0.3) is 6.43 Å². The minimum atomic E-state index is -2.39. The summed E-state index contributed by atoms with van der Waals surface area (Å²) in [6.07, 6.45) is -0.466. The molecule has 0 atom stereocenters. The second-order valence-electron chi connectivity index (χ2n) is 4.02. The van der Waals surface area contributed by atoms with Crippen molar-refractivity contribution in [1.82, 2.24) is 15.1 Å². The molecule has 0 aromatic carbocycles. The summed E-state index contributed by atoms with van der Waals surface area (Å²) in [7, 11) is 0. The monoisotopic (exact) mass is 247 g/mol. The summed E-state index contributed by atoms with van der Waals surface area (Å²) in [5.41, 5.74) is 0.938. The van der Waals surface area contributed by atoms with Gasteiger partial charge in [-0.1, -0.05) is 0 Å². The van der Waals surface area contributed by atoms with Crippen LogP contribution in [0.5, 0.6) is 0 Å². The minimum absolute atomic E-state index is 0.287. The van der Waals surface area contributed by atoms with Crippen molar-refractivity contribution in [2.75, 3.05) is 19.8 Å². The Balaban J connectivity index is 2.09. The number of ether oxygens (including phenoxy) is 1. The summed E-state index contributed by atoms with van der Waals surface area (Å²) in [6, 6.07) is 2.28. The fraction of sp³-hybridized carbons (Fsp3) is 0.727. The van der Waals surface area contributed by atoms with E-state index in [0.29, 0.717) is 19.1 Å². The molecule has 4 nitrogen and oxygen atoms in total. The van der Waals surface area contributed by atoms with Crippen LogP contribution in [0.15, 0.2) is 12.3 Å². The van der Waals surface area contributed by atoms with Crippen LogP contribution in [0.2, 0.25) is 0 Å². The Morgan fingerprint density at radius 2 is 2.24 bits per heavy atom. The highest BCUT2D eigenvalue weighted by Gasteiger charge is 2.02. The number of hydrogen-bond acceptors (Lipinski definition) is 3. The van der Waals surface area contributed by atoms with Crippen molar-refractivity contribution in [3.05, 3.63) is 18.0 Å². The number of halogens is 2. The first-order chi connectivity index (χ1) is 8.09. The molecule has 0 aliphatic heterocycles. The molecule has 0 aliphatic rings. The molecular formula is C11H19F2N3O. The fourth-order valence-corrected chi connectivity index (χ4v) is 1.29. The first-order valence-corrected chi connectivity index (χ1v) is 5.70. The fourth-order valence-electron chi connectivity index (χ4n) is 1.29. The van der Waals surface area contributed by atoms with Crippen molar-refractivity contribution >= 4 is 0 Å². The van der Waals surface area contributed by atoms with Gasteiger partial charge in [-0.3, -0.25) is 4.68 Å². The minimum Gasteiger partial charge on any atom is -0.374 e. The van der Waals surface area contributed by atoms with Crippen molar-refractivity contribution in [2.24, 2.45) is 0 Å². The molecule has 1 N–H and O–H groups in total. The zero-order chi connectivity index (χ0) is 12.7. The lowest BCUT2D eigenvalue weighted by Gasteiger charge is -2.05. The van der Waals surface area contributed by atoms with Crippen molar-refractivity contribution in [1.29, 1.82) is 0 Å². The summed E-state index contributed by atoms with van der Waals surface area (Å²) < 4.78 is 30.1. The summed E-state index contributed by atoms with van der Waals surface area (Å²) in [5, 5.41) is 7.43. The highest BCUT2D eigenvalue weighted by Crippen LogP contribution is 2.03. The maximum Gasteiger partial charge on any atom is 0.261 e. The van der Waals surface area contributed by atoms with Gasteiger partial charge in [-0.2, -0.15) is 5.10 Å². The molecule has 0 saturated carbocycles. The van der Waals surface area contributed by atoms with Crippen LogP contribution in [0.25, 0.3) is 0 Å². The number of aromatic nitrogens is 2. The third kappa shape index (κ3) is 5.74. The first-order valence-electron chi connectivity index (χ1n) is 5.70. The lowest BCUT2D eigenvalue weighted by Crippen LogP contribution is -2.21. The smallest absolute Gasteiger partial charge is 0.261 e. The molecule has 0 unspecified atom stereocenters. The quantitative estimate of drug-likeness (QED) is 0.712. The number of nitrogens with one attached hydrogen (secondary N) is 1. The van der Waals surface area contributed by atoms with Gasteiger partial charge in [0.05, 0.1) is 12.3 Å². The predicted molar refractivity (Wildman–Crippen MR) is 61.1 cm³/mol. The van der Waals surface area contributed by atoms with Crippen LogP contribution in [0.3, 0.4) is 0 Å². The van der Waals surface area contributed by atoms with Gasteiger partial charge >= 0.3 is 0 Å². The van der Waals surface area contributed by atoms with Gasteiger partial charge in [0.15, 0.2) is 0 Å². The van der Waals surface area contributed by atoms with Gasteiger partial charge in [0, 0.05) is 25.3 Å². The van der Waals surface area contributed by atoms with E-state index < -0.39 is 13.0 Å². The Kier molecular flexibility index (Phi) is 6.07. The van der Waals surface area contributed by atoms with Crippen LogP contribution >= 0.6 is 0 Å². The molecule has 0 aliphatic carbocycles. The first kappa shape index (κ1) is 14.1. The van der Waals surface area contributed by atoms with Gasteiger partial charge in [-0.05, 0) is 19.9 Å². The normalized spacial score (nSPS) is 11.6. The van der Waals surface area contributed by atoms with Crippen molar-refractivity contribution in [3.63, 3.8) is 0 Å². The molecule has 0 spiro atoms. The Labute approximate surface area is 100.0 Å². The average Bonchev–Trinajstić information content (AvgIpc) is 2.71. The Morgan fingerprint density at radius 1 is 1.47 bits per heavy atom. The van der Waals surface area contributed by atoms with Crippen LogP contribution in [-0.4, -0.2) is 36.0 Å². The molecule has 1 heterocycles. The average molecular weight is 247 g/mol. The number of alkyl halides is 2. The van der Waals surface area contributed by atoms with E-state index in [1.807, 2.05) is 16.9 Å². The van der Waals surface area contributed by atoms with E-state index in [4.69, 9.17) is 4.74 Å². The van der Waals surface area contributed by atoms with Gasteiger partial charge in [0.2, 0.25) is 0 Å². The Morgan fingerprint density at radius 3 is 2.82 bits per heavy atom. The molecule has 6 heteroatoms. The topological polar surface area (TPSA) is 39.1 Å². The van der Waals surface area contributed by atoms with Crippen molar-refractivity contribution in [3.8, 4) is 0 Å². The molecule has 1 rings (SSSR count). The van der Waals surface area contributed by atoms with Crippen LogP contribution in [0.4, 0.5) is 8.78 Å². The van der Waals surface area contributed by atoms with Gasteiger partial charge in [-0.15, -0.1) is 0 Å². The standard InChI is InChI=1S/C11H19F2N3O/c1-9(2)16-5-3-10(15-16)7-14-4-6-17-8-11(12)13/h3,5,9,11,14H,4,6-8H2,1-2H3. The molecule has 0 saturated heterocycles. The Bertz CT molecular complexity index is 315. The van der Waals surface area contributed by atoms with E-state index in [-0.39, 0.29) is 6.61 Å². The lowest BCUT2D eigenvalue weighted by molar-refractivity contribution is 0.0187. The molecule has 0 bridgehead atoms. The van der Waals surface area contributed by atoms with Crippen LogP contribution in [0.1, 0.15) is 25.6 Å². The second-order valence-corrected chi connectivity index (χ2v) is 4.02. The van der Waals surface area contributed by atoms with E-state index in [9.17, 15) is 8.78 Å². The van der Waals surface area contributed by atoms with Gasteiger partial charge in [-0.25, -0.2) is 8.78 Å². The largest absolute Gasteiger partial charge is 0.374 e. The maximum atomic E-state index is 11.7. The van der Waals surface area contributed by atoms with Crippen LogP contribution in [-0.2, 0) is 11.3 Å². The summed E-state index contributed by atoms with van der Waals surface area (Å²) >= 11 is 0. The number of hydrogen-bond donors (Lipinski definition) is 1. The molecule has 0 amide bonds. The van der Waals surface area contributed by atoms with E-state index in [1.54, 1.807) is 0 Å². The summed E-state index contributed by atoms with van der Waals surface area (Å²) in [4.78, 5) is 0. The van der Waals surface area contributed by atoms with Crippen molar-refractivity contribution < 1.29 is 13.5 Å². The van der Waals surface area contributed by atoms with Gasteiger partial charge < -0.3 is 10.1 Å². The second kappa shape index (κ2) is 7.34. The summed E-state index contributed by atoms with van der Waals surface area (Å²) in [6.45, 7) is 5.07. The maximum absolute atomic E-state index is 11.7. The molecule has 0 fully saturated rings. The third-order valence-corrected chi connectivity index (χ3v) is 2.17. The predicted octanol–water partition coefficient (Wildman–Crippen LogP) is 1.84. The third-order valence-electron chi connectivity index (χ3n) is 2.17. The SMILES string of the molecule is CC(C)n1ccc(CNCCOCC(F)F)n1. The van der Waals surface area contributed by atoms with E-state index >= 15 is 0 Å². The van der Waals surface area contributed by atoms with Crippen LogP contribution in [0, 0.1) is 0 Å². The van der Waals surface area contributed by atoms with Gasteiger partial charge in [0.1, 0.15) is 6.61 Å². The van der Waals surface area contributed by atoms with Crippen LogP contribution < -0.4 is 5.32 Å². The highest BCUT2D eigenvalue weighted by molar-refractivity contribution is 4.98. The molecule has 1 aromatic rings. The highest BCUT2D eigenvalue weighted by atomic mass is 19.3. The molecule has 98 valence electrons. The zero-order valence-corrected chi connectivity index (χ0v) is 10.2. The summed E-state index contributed by atoms with van der Waals surface area (Å²) in [5.74, 6) is 0.